The summed E-state index contributed by atoms with van der Waals surface area (Å²) in [7, 11) is 0. The van der Waals surface area contributed by atoms with Crippen LogP contribution in [-0.2, 0) is 4.79 Å². The number of carbonyl (C=O) groups excluding carboxylic acids is 1. The van der Waals surface area contributed by atoms with Crippen LogP contribution >= 0.6 is 23.4 Å². The van der Waals surface area contributed by atoms with Gasteiger partial charge in [0.25, 0.3) is 0 Å². The molecule has 106 valence electrons. The summed E-state index contributed by atoms with van der Waals surface area (Å²) in [6, 6.07) is 5.29. The number of nitrogen functional groups attached to an aromatic ring is 1. The average molecular weight is 301 g/mol. The molecule has 0 spiro atoms. The largest absolute Gasteiger partial charge is 0.399 e. The number of benzene rings is 1. The molecular weight excluding hydrogens is 280 g/mol. The highest BCUT2D eigenvalue weighted by atomic mass is 35.5. The number of rotatable bonds is 5. The summed E-state index contributed by atoms with van der Waals surface area (Å²) in [4.78, 5) is 12.9. The third kappa shape index (κ3) is 4.96. The molecule has 0 aliphatic heterocycles. The fourth-order valence-electron chi connectivity index (χ4n) is 1.38. The van der Waals surface area contributed by atoms with Gasteiger partial charge in [0.15, 0.2) is 0 Å². The number of carbonyl (C=O) groups is 1. The van der Waals surface area contributed by atoms with Crippen LogP contribution in [0.4, 0.5) is 5.69 Å². The molecule has 0 radical (unpaired) electrons. The van der Waals surface area contributed by atoms with E-state index in [1.807, 2.05) is 27.7 Å². The van der Waals surface area contributed by atoms with Crippen molar-refractivity contribution in [2.24, 2.45) is 0 Å². The second-order valence-electron chi connectivity index (χ2n) is 5.18. The molecule has 0 aromatic heterocycles. The van der Waals surface area contributed by atoms with Gasteiger partial charge < -0.3 is 11.1 Å². The number of amides is 1. The summed E-state index contributed by atoms with van der Waals surface area (Å²) in [6.45, 7) is 7.93. The van der Waals surface area contributed by atoms with E-state index in [1.165, 1.54) is 11.8 Å². The second-order valence-corrected chi connectivity index (χ2v) is 6.97. The summed E-state index contributed by atoms with van der Waals surface area (Å²) in [5.41, 5.74) is 6.19. The Kier molecular flexibility index (Phi) is 5.56. The minimum Gasteiger partial charge on any atom is -0.399 e. The Hall–Kier alpha value is -0.870. The number of hydrogen-bond acceptors (Lipinski definition) is 3. The number of nitrogens with one attached hydrogen (secondary N) is 1. The van der Waals surface area contributed by atoms with Gasteiger partial charge in [-0.15, -0.1) is 11.8 Å². The van der Waals surface area contributed by atoms with Crippen molar-refractivity contribution < 1.29 is 4.79 Å². The van der Waals surface area contributed by atoms with Crippen molar-refractivity contribution in [3.8, 4) is 0 Å². The van der Waals surface area contributed by atoms with Crippen molar-refractivity contribution in [1.82, 2.24) is 5.32 Å². The normalized spacial score (nSPS) is 13.1. The first-order valence-electron chi connectivity index (χ1n) is 6.29. The highest BCUT2D eigenvalue weighted by molar-refractivity contribution is 8.00. The molecule has 0 aliphatic carbocycles. The minimum absolute atomic E-state index is 0.00958. The maximum absolute atomic E-state index is 12.1. The minimum atomic E-state index is -0.217. The van der Waals surface area contributed by atoms with Gasteiger partial charge in [0.05, 0.1) is 10.3 Å². The third-order valence-corrected chi connectivity index (χ3v) is 4.57. The van der Waals surface area contributed by atoms with Gasteiger partial charge in [-0.05, 0) is 45.4 Å². The number of halogens is 1. The summed E-state index contributed by atoms with van der Waals surface area (Å²) < 4.78 is 0. The van der Waals surface area contributed by atoms with E-state index < -0.39 is 0 Å². The molecule has 1 aromatic rings. The molecule has 0 fully saturated rings. The quantitative estimate of drug-likeness (QED) is 0.644. The van der Waals surface area contributed by atoms with E-state index in [-0.39, 0.29) is 16.7 Å². The van der Waals surface area contributed by atoms with Crippen molar-refractivity contribution in [3.63, 3.8) is 0 Å². The molecule has 3 N–H and O–H groups in total. The summed E-state index contributed by atoms with van der Waals surface area (Å²) >= 11 is 7.52. The number of hydrogen-bond donors (Lipinski definition) is 2. The van der Waals surface area contributed by atoms with Gasteiger partial charge in [-0.3, -0.25) is 4.79 Å². The van der Waals surface area contributed by atoms with Gasteiger partial charge in [0, 0.05) is 16.1 Å². The molecular formula is C14H21ClN2OS. The molecule has 1 unspecified atom stereocenters. The summed E-state index contributed by atoms with van der Waals surface area (Å²) in [5.74, 6) is 0.00958. The number of nitrogens with two attached hydrogens (primary N) is 1. The molecule has 0 saturated carbocycles. The SMILES string of the molecule is CCC(C)(C)NC(=O)C(C)Sc1cc(N)ccc1Cl. The van der Waals surface area contributed by atoms with Crippen LogP contribution in [0.25, 0.3) is 0 Å². The predicted octanol–water partition coefficient (Wildman–Crippen LogP) is 3.71. The van der Waals surface area contributed by atoms with E-state index in [1.54, 1.807) is 18.2 Å². The van der Waals surface area contributed by atoms with Crippen molar-refractivity contribution in [2.75, 3.05) is 5.73 Å². The lowest BCUT2D eigenvalue weighted by molar-refractivity contribution is -0.121. The lowest BCUT2D eigenvalue weighted by atomic mass is 10.0. The van der Waals surface area contributed by atoms with Crippen LogP contribution in [-0.4, -0.2) is 16.7 Å². The maximum atomic E-state index is 12.1. The van der Waals surface area contributed by atoms with Gasteiger partial charge in [-0.2, -0.15) is 0 Å². The maximum Gasteiger partial charge on any atom is 0.233 e. The van der Waals surface area contributed by atoms with Gasteiger partial charge >= 0.3 is 0 Å². The zero-order valence-electron chi connectivity index (χ0n) is 11.8. The first kappa shape index (κ1) is 16.2. The van der Waals surface area contributed by atoms with Crippen LogP contribution in [0.15, 0.2) is 23.1 Å². The monoisotopic (exact) mass is 300 g/mol. The summed E-state index contributed by atoms with van der Waals surface area (Å²) in [5, 5.41) is 3.43. The standard InChI is InChI=1S/C14H21ClN2OS/c1-5-14(3,4)17-13(18)9(2)19-12-8-10(16)6-7-11(12)15/h6-9H,5,16H2,1-4H3,(H,17,18). The van der Waals surface area contributed by atoms with E-state index in [4.69, 9.17) is 17.3 Å². The molecule has 1 amide bonds. The van der Waals surface area contributed by atoms with Gasteiger partial charge in [-0.25, -0.2) is 0 Å². The lowest BCUT2D eigenvalue weighted by Crippen LogP contribution is -2.46. The Balaban J connectivity index is 2.71. The van der Waals surface area contributed by atoms with E-state index >= 15 is 0 Å². The zero-order valence-corrected chi connectivity index (χ0v) is 13.4. The Labute approximate surface area is 124 Å². The molecule has 0 aliphatic rings. The van der Waals surface area contributed by atoms with Crippen molar-refractivity contribution in [1.29, 1.82) is 0 Å². The molecule has 0 saturated heterocycles. The molecule has 0 bridgehead atoms. The van der Waals surface area contributed by atoms with Crippen molar-refractivity contribution in [3.05, 3.63) is 23.2 Å². The molecule has 1 aromatic carbocycles. The molecule has 5 heteroatoms. The fraction of sp³-hybridized carbons (Fsp3) is 0.500. The predicted molar refractivity (Wildman–Crippen MR) is 83.7 cm³/mol. The highest BCUT2D eigenvalue weighted by Crippen LogP contribution is 2.32. The Morgan fingerprint density at radius 3 is 2.74 bits per heavy atom. The highest BCUT2D eigenvalue weighted by Gasteiger charge is 2.22. The van der Waals surface area contributed by atoms with Gasteiger partial charge in [-0.1, -0.05) is 18.5 Å². The molecule has 1 atom stereocenters. The van der Waals surface area contributed by atoms with Crippen LogP contribution < -0.4 is 11.1 Å². The van der Waals surface area contributed by atoms with Crippen LogP contribution in [0.1, 0.15) is 34.1 Å². The lowest BCUT2D eigenvalue weighted by Gasteiger charge is -2.26. The van der Waals surface area contributed by atoms with E-state index in [0.29, 0.717) is 10.7 Å². The summed E-state index contributed by atoms with van der Waals surface area (Å²) in [6.07, 6.45) is 0.884. The smallest absolute Gasteiger partial charge is 0.233 e. The van der Waals surface area contributed by atoms with E-state index in [0.717, 1.165) is 11.3 Å². The fourth-order valence-corrected chi connectivity index (χ4v) is 2.56. The Bertz CT molecular complexity index is 463. The van der Waals surface area contributed by atoms with Crippen LogP contribution in [0.2, 0.25) is 5.02 Å². The Morgan fingerprint density at radius 1 is 1.53 bits per heavy atom. The second kappa shape index (κ2) is 6.53. The zero-order chi connectivity index (χ0) is 14.6. The molecule has 1 rings (SSSR count). The molecule has 3 nitrogen and oxygen atoms in total. The first-order chi connectivity index (χ1) is 8.75. The molecule has 19 heavy (non-hydrogen) atoms. The van der Waals surface area contributed by atoms with Gasteiger partial charge in [0.2, 0.25) is 5.91 Å². The van der Waals surface area contributed by atoms with E-state index in [9.17, 15) is 4.79 Å². The third-order valence-electron chi connectivity index (χ3n) is 2.97. The molecule has 0 heterocycles. The van der Waals surface area contributed by atoms with Crippen molar-refractivity contribution >= 4 is 35.0 Å². The van der Waals surface area contributed by atoms with Crippen molar-refractivity contribution in [2.45, 2.75) is 49.8 Å². The average Bonchev–Trinajstić information content (AvgIpc) is 2.33. The van der Waals surface area contributed by atoms with Crippen LogP contribution in [0, 0.1) is 0 Å². The van der Waals surface area contributed by atoms with Crippen LogP contribution in [0.3, 0.4) is 0 Å². The Morgan fingerprint density at radius 2 is 2.16 bits per heavy atom. The first-order valence-corrected chi connectivity index (χ1v) is 7.54. The van der Waals surface area contributed by atoms with Gasteiger partial charge in [0.1, 0.15) is 0 Å². The number of anilines is 1. The van der Waals surface area contributed by atoms with E-state index in [2.05, 4.69) is 5.32 Å². The number of thioether (sulfide) groups is 1. The van der Waals surface area contributed by atoms with Crippen LogP contribution in [0.5, 0.6) is 0 Å². The topological polar surface area (TPSA) is 55.1 Å².